The highest BCUT2D eigenvalue weighted by atomic mass is 16.5. The molecule has 0 unspecified atom stereocenters. The van der Waals surface area contributed by atoms with Crippen LogP contribution in [0, 0.1) is 0 Å². The molecule has 0 radical (unpaired) electrons. The SMILES string of the molecule is COc1ccc2c(=O)c(-c3ccccc3OCc3ccccc3)coc2c1. The molecule has 134 valence electrons. The number of ether oxygens (including phenoxy) is 2. The summed E-state index contributed by atoms with van der Waals surface area (Å²) >= 11 is 0. The van der Waals surface area contributed by atoms with Gasteiger partial charge in [0.05, 0.1) is 18.1 Å². The molecule has 1 aromatic heterocycles. The van der Waals surface area contributed by atoms with E-state index in [0.717, 1.165) is 5.56 Å². The van der Waals surface area contributed by atoms with Crippen LogP contribution in [0.3, 0.4) is 0 Å². The Bertz CT molecular complexity index is 1130. The van der Waals surface area contributed by atoms with Gasteiger partial charge >= 0.3 is 0 Å². The van der Waals surface area contributed by atoms with Crippen molar-refractivity contribution in [3.63, 3.8) is 0 Å². The van der Waals surface area contributed by atoms with Crippen LogP contribution in [0.25, 0.3) is 22.1 Å². The lowest BCUT2D eigenvalue weighted by atomic mass is 10.0. The van der Waals surface area contributed by atoms with Gasteiger partial charge in [0.15, 0.2) is 0 Å². The highest BCUT2D eigenvalue weighted by Crippen LogP contribution is 2.30. The largest absolute Gasteiger partial charge is 0.497 e. The van der Waals surface area contributed by atoms with Gasteiger partial charge in [-0.15, -0.1) is 0 Å². The molecule has 0 bridgehead atoms. The highest BCUT2D eigenvalue weighted by Gasteiger charge is 2.14. The van der Waals surface area contributed by atoms with Crippen molar-refractivity contribution in [2.75, 3.05) is 7.11 Å². The summed E-state index contributed by atoms with van der Waals surface area (Å²) in [4.78, 5) is 13.0. The van der Waals surface area contributed by atoms with E-state index in [1.165, 1.54) is 6.26 Å². The topological polar surface area (TPSA) is 48.7 Å². The van der Waals surface area contributed by atoms with Gasteiger partial charge in [-0.2, -0.15) is 0 Å². The Morgan fingerprint density at radius 1 is 0.889 bits per heavy atom. The lowest BCUT2D eigenvalue weighted by molar-refractivity contribution is 0.307. The highest BCUT2D eigenvalue weighted by molar-refractivity contribution is 5.83. The fourth-order valence-electron chi connectivity index (χ4n) is 2.97. The van der Waals surface area contributed by atoms with E-state index in [-0.39, 0.29) is 5.43 Å². The number of para-hydroxylation sites is 1. The fraction of sp³-hybridized carbons (Fsp3) is 0.0870. The van der Waals surface area contributed by atoms with Gasteiger partial charge in [-0.05, 0) is 23.8 Å². The third-order valence-corrected chi connectivity index (χ3v) is 4.40. The molecule has 4 aromatic rings. The normalized spacial score (nSPS) is 10.7. The van der Waals surface area contributed by atoms with E-state index in [1.54, 1.807) is 25.3 Å². The summed E-state index contributed by atoms with van der Waals surface area (Å²) in [6.45, 7) is 0.425. The molecule has 0 saturated heterocycles. The summed E-state index contributed by atoms with van der Waals surface area (Å²) in [5.74, 6) is 1.28. The molecule has 0 fully saturated rings. The van der Waals surface area contributed by atoms with Gasteiger partial charge in [0.2, 0.25) is 5.43 Å². The molecule has 3 aromatic carbocycles. The Morgan fingerprint density at radius 3 is 2.48 bits per heavy atom. The van der Waals surface area contributed by atoms with Crippen molar-refractivity contribution in [2.24, 2.45) is 0 Å². The van der Waals surface area contributed by atoms with Gasteiger partial charge in [-0.25, -0.2) is 0 Å². The van der Waals surface area contributed by atoms with E-state index in [0.29, 0.717) is 40.2 Å². The molecule has 0 aliphatic rings. The quantitative estimate of drug-likeness (QED) is 0.501. The molecule has 0 aliphatic carbocycles. The lowest BCUT2D eigenvalue weighted by Crippen LogP contribution is -2.06. The van der Waals surface area contributed by atoms with E-state index in [2.05, 4.69) is 0 Å². The van der Waals surface area contributed by atoms with Crippen LogP contribution in [0.15, 0.2) is 88.3 Å². The zero-order chi connectivity index (χ0) is 18.6. The molecule has 4 heteroatoms. The summed E-state index contributed by atoms with van der Waals surface area (Å²) in [7, 11) is 1.58. The molecule has 27 heavy (non-hydrogen) atoms. The van der Waals surface area contributed by atoms with Gasteiger partial charge in [0, 0.05) is 11.6 Å². The van der Waals surface area contributed by atoms with E-state index >= 15 is 0 Å². The molecule has 0 spiro atoms. The second-order valence-corrected chi connectivity index (χ2v) is 6.11. The van der Waals surface area contributed by atoms with Crippen molar-refractivity contribution in [2.45, 2.75) is 6.61 Å². The van der Waals surface area contributed by atoms with Crippen molar-refractivity contribution in [1.29, 1.82) is 0 Å². The lowest BCUT2D eigenvalue weighted by Gasteiger charge is -2.11. The monoisotopic (exact) mass is 358 g/mol. The first-order valence-corrected chi connectivity index (χ1v) is 8.62. The number of rotatable bonds is 5. The molecule has 1 heterocycles. The molecule has 0 N–H and O–H groups in total. The number of methoxy groups -OCH3 is 1. The number of hydrogen-bond donors (Lipinski definition) is 0. The molecule has 0 aliphatic heterocycles. The predicted molar refractivity (Wildman–Crippen MR) is 105 cm³/mol. The minimum absolute atomic E-state index is 0.102. The number of hydrogen-bond acceptors (Lipinski definition) is 4. The first-order chi connectivity index (χ1) is 13.3. The van der Waals surface area contributed by atoms with Gasteiger partial charge in [-0.1, -0.05) is 48.5 Å². The van der Waals surface area contributed by atoms with E-state index in [4.69, 9.17) is 13.9 Å². The maximum Gasteiger partial charge on any atom is 0.200 e. The molecule has 0 atom stereocenters. The van der Waals surface area contributed by atoms with Crippen molar-refractivity contribution < 1.29 is 13.9 Å². The van der Waals surface area contributed by atoms with Crippen LogP contribution < -0.4 is 14.9 Å². The number of benzene rings is 3. The fourth-order valence-corrected chi connectivity index (χ4v) is 2.97. The minimum atomic E-state index is -0.102. The van der Waals surface area contributed by atoms with Gasteiger partial charge in [0.1, 0.15) is 30.0 Å². The van der Waals surface area contributed by atoms with Crippen molar-refractivity contribution in [1.82, 2.24) is 0 Å². The van der Waals surface area contributed by atoms with Crippen LogP contribution >= 0.6 is 0 Å². The molecular weight excluding hydrogens is 340 g/mol. The second-order valence-electron chi connectivity index (χ2n) is 6.11. The molecule has 0 saturated carbocycles. The van der Waals surface area contributed by atoms with Crippen LogP contribution in [-0.2, 0) is 6.61 Å². The number of fused-ring (bicyclic) bond motifs is 1. The van der Waals surface area contributed by atoms with E-state index in [9.17, 15) is 4.79 Å². The Balaban J connectivity index is 1.73. The van der Waals surface area contributed by atoms with Gasteiger partial charge in [-0.3, -0.25) is 4.79 Å². The van der Waals surface area contributed by atoms with E-state index < -0.39 is 0 Å². The Labute approximate surface area is 156 Å². The van der Waals surface area contributed by atoms with Gasteiger partial charge < -0.3 is 13.9 Å². The molecule has 4 rings (SSSR count). The Kier molecular flexibility index (Phi) is 4.62. The van der Waals surface area contributed by atoms with Crippen LogP contribution in [0.2, 0.25) is 0 Å². The summed E-state index contributed by atoms with van der Waals surface area (Å²) in [5, 5.41) is 0.506. The van der Waals surface area contributed by atoms with Crippen LogP contribution in [-0.4, -0.2) is 7.11 Å². The Morgan fingerprint density at radius 2 is 1.67 bits per heavy atom. The smallest absolute Gasteiger partial charge is 0.200 e. The molecule has 4 nitrogen and oxygen atoms in total. The molecular formula is C23H18O4. The summed E-state index contributed by atoms with van der Waals surface area (Å²) in [6.07, 6.45) is 1.48. The zero-order valence-corrected chi connectivity index (χ0v) is 14.8. The zero-order valence-electron chi connectivity index (χ0n) is 14.8. The third kappa shape index (κ3) is 3.42. The maximum atomic E-state index is 13.0. The van der Waals surface area contributed by atoms with Crippen molar-refractivity contribution in [3.8, 4) is 22.6 Å². The predicted octanol–water partition coefficient (Wildman–Crippen LogP) is 5.05. The van der Waals surface area contributed by atoms with Crippen molar-refractivity contribution in [3.05, 3.63) is 94.8 Å². The maximum absolute atomic E-state index is 13.0. The van der Waals surface area contributed by atoms with Crippen LogP contribution in [0.1, 0.15) is 5.56 Å². The van der Waals surface area contributed by atoms with E-state index in [1.807, 2.05) is 54.6 Å². The standard InChI is InChI=1S/C23H18O4/c1-25-17-11-12-19-22(13-17)27-15-20(23(19)24)18-9-5-6-10-21(18)26-14-16-7-3-2-4-8-16/h2-13,15H,14H2,1H3. The minimum Gasteiger partial charge on any atom is -0.497 e. The van der Waals surface area contributed by atoms with Gasteiger partial charge in [0.25, 0.3) is 0 Å². The summed E-state index contributed by atoms with van der Waals surface area (Å²) < 4.78 is 16.9. The van der Waals surface area contributed by atoms with Crippen molar-refractivity contribution >= 4 is 11.0 Å². The average Bonchev–Trinajstić information content (AvgIpc) is 2.73. The first kappa shape index (κ1) is 16.9. The first-order valence-electron chi connectivity index (χ1n) is 8.62. The van der Waals surface area contributed by atoms with Crippen LogP contribution in [0.4, 0.5) is 0 Å². The second kappa shape index (κ2) is 7.38. The summed E-state index contributed by atoms with van der Waals surface area (Å²) in [6, 6.07) is 22.6. The summed E-state index contributed by atoms with van der Waals surface area (Å²) in [5.41, 5.74) is 2.63. The average molecular weight is 358 g/mol. The third-order valence-electron chi connectivity index (χ3n) is 4.40. The van der Waals surface area contributed by atoms with Crippen LogP contribution in [0.5, 0.6) is 11.5 Å². The Hall–Kier alpha value is -3.53. The molecule has 0 amide bonds.